The molecule has 0 aromatic heterocycles. The minimum atomic E-state index is -6.17. The molecule has 1 unspecified atom stereocenters. The maximum absolute atomic E-state index is 14.1. The van der Waals surface area contributed by atoms with Crippen LogP contribution in [0.4, 0.5) is 36.4 Å². The first kappa shape index (κ1) is 33.1. The van der Waals surface area contributed by atoms with E-state index in [1.54, 1.807) is 6.07 Å². The Labute approximate surface area is 236 Å². The zero-order chi connectivity index (χ0) is 31.9. The van der Waals surface area contributed by atoms with E-state index < -0.39 is 75.1 Å². The van der Waals surface area contributed by atoms with Crippen LogP contribution in [0.15, 0.2) is 47.4 Å². The first-order valence-electron chi connectivity index (χ1n) is 12.3. The molecule has 230 valence electrons. The van der Waals surface area contributed by atoms with Crippen LogP contribution in [0.1, 0.15) is 43.4 Å². The molecule has 0 radical (unpaired) electrons. The molecule has 0 saturated heterocycles. The number of nitrogens with one attached hydrogen (secondary N) is 1. The van der Waals surface area contributed by atoms with Gasteiger partial charge in [-0.15, -0.1) is 0 Å². The number of carbonyl (C=O) groups is 1. The second kappa shape index (κ2) is 11.3. The van der Waals surface area contributed by atoms with Gasteiger partial charge in [-0.1, -0.05) is 12.1 Å². The molecule has 0 bridgehead atoms. The van der Waals surface area contributed by atoms with Gasteiger partial charge in [0.2, 0.25) is 5.91 Å². The van der Waals surface area contributed by atoms with Crippen LogP contribution in [-0.4, -0.2) is 61.2 Å². The summed E-state index contributed by atoms with van der Waals surface area (Å²) in [5.41, 5.74) is -9.13. The molecule has 3 rings (SSSR count). The predicted octanol–water partition coefficient (Wildman–Crippen LogP) is 4.00. The molecule has 0 saturated carbocycles. The van der Waals surface area contributed by atoms with Crippen LogP contribution >= 0.6 is 0 Å². The van der Waals surface area contributed by atoms with Crippen molar-refractivity contribution in [2.45, 2.75) is 73.8 Å². The number of alkyl halides is 7. The number of nitriles is 1. The Bertz CT molecular complexity index is 1450. The summed E-state index contributed by atoms with van der Waals surface area (Å²) in [6, 6.07) is 6.47. The number of hydrogen-bond acceptors (Lipinski definition) is 6. The molecule has 8 nitrogen and oxygen atoms in total. The molecule has 1 aliphatic heterocycles. The Hall–Kier alpha value is -3.42. The van der Waals surface area contributed by atoms with E-state index in [9.17, 15) is 54.2 Å². The fourth-order valence-electron chi connectivity index (χ4n) is 4.41. The summed E-state index contributed by atoms with van der Waals surface area (Å²) < 4.78 is 123. The van der Waals surface area contributed by atoms with Gasteiger partial charge in [-0.3, -0.25) is 9.10 Å². The fraction of sp³-hybridized carbons (Fsp3) is 0.462. The van der Waals surface area contributed by atoms with E-state index >= 15 is 0 Å². The predicted molar refractivity (Wildman–Crippen MR) is 134 cm³/mol. The molecule has 42 heavy (non-hydrogen) atoms. The van der Waals surface area contributed by atoms with Crippen LogP contribution in [0, 0.1) is 11.3 Å². The van der Waals surface area contributed by atoms with Gasteiger partial charge in [-0.25, -0.2) is 12.8 Å². The van der Waals surface area contributed by atoms with E-state index in [0.717, 1.165) is 12.1 Å². The summed E-state index contributed by atoms with van der Waals surface area (Å²) in [4.78, 5) is 12.3. The van der Waals surface area contributed by atoms with E-state index in [1.165, 1.54) is 26.0 Å². The van der Waals surface area contributed by atoms with E-state index in [2.05, 4.69) is 5.32 Å². The van der Waals surface area contributed by atoms with Crippen LogP contribution in [0.25, 0.3) is 0 Å². The van der Waals surface area contributed by atoms with Crippen LogP contribution < -0.4 is 9.62 Å². The normalized spacial score (nSPS) is 17.3. The van der Waals surface area contributed by atoms with Gasteiger partial charge in [0.15, 0.2) is 0 Å². The second-order valence-corrected chi connectivity index (χ2v) is 12.1. The van der Waals surface area contributed by atoms with Gasteiger partial charge in [-0.05, 0) is 62.6 Å². The van der Waals surface area contributed by atoms with Gasteiger partial charge in [0, 0.05) is 12.0 Å². The molecule has 1 aliphatic rings. The van der Waals surface area contributed by atoms with Crippen molar-refractivity contribution < 1.29 is 54.2 Å². The number of benzene rings is 2. The first-order chi connectivity index (χ1) is 19.1. The van der Waals surface area contributed by atoms with E-state index in [0.29, 0.717) is 22.5 Å². The average Bonchev–Trinajstić information content (AvgIpc) is 2.88. The Morgan fingerprint density at radius 1 is 1.07 bits per heavy atom. The molecule has 2 atom stereocenters. The van der Waals surface area contributed by atoms with Crippen LogP contribution in [0.3, 0.4) is 0 Å². The van der Waals surface area contributed by atoms with Crippen molar-refractivity contribution in [2.24, 2.45) is 0 Å². The number of anilines is 1. The summed E-state index contributed by atoms with van der Waals surface area (Å²) >= 11 is 0. The van der Waals surface area contributed by atoms with Crippen molar-refractivity contribution in [3.8, 4) is 6.07 Å². The minimum Gasteiger partial charge on any atom is -0.387 e. The summed E-state index contributed by atoms with van der Waals surface area (Å²) in [5, 5.41) is 30.8. The number of hydrogen-bond donors (Lipinski definition) is 3. The highest BCUT2D eigenvalue weighted by molar-refractivity contribution is 7.92. The fourth-order valence-corrected chi connectivity index (χ4v) is 6.13. The molecular weight excluding hydrogens is 599 g/mol. The second-order valence-electron chi connectivity index (χ2n) is 10.3. The number of aryl methyl sites for hydroxylation is 1. The number of aliphatic hydroxyl groups is 2. The van der Waals surface area contributed by atoms with Gasteiger partial charge in [0.1, 0.15) is 6.17 Å². The molecule has 0 fully saturated rings. The SMILES string of the molecule is CC(C)(O)[C@H](F)CNC(=O)CC1CCc2cc(C(O)(C(F)(F)F)C(F)(F)F)ccc2N1S(=O)(=O)c1ccc(C#N)cc1. The largest absolute Gasteiger partial charge is 0.430 e. The maximum Gasteiger partial charge on any atom is 0.430 e. The van der Waals surface area contributed by atoms with E-state index in [4.69, 9.17) is 5.26 Å². The topological polar surface area (TPSA) is 131 Å². The van der Waals surface area contributed by atoms with Crippen molar-refractivity contribution in [1.82, 2.24) is 5.32 Å². The number of sulfonamides is 1. The quantitative estimate of drug-likeness (QED) is 0.381. The highest BCUT2D eigenvalue weighted by atomic mass is 32.2. The number of halogens is 7. The minimum absolute atomic E-state index is 0.0970. The van der Waals surface area contributed by atoms with Gasteiger partial charge >= 0.3 is 12.4 Å². The number of carbonyl (C=O) groups excluding carboxylic acids is 1. The lowest BCUT2D eigenvalue weighted by molar-refractivity contribution is -0.376. The summed E-state index contributed by atoms with van der Waals surface area (Å²) in [5.74, 6) is -0.837. The Balaban J connectivity index is 2.09. The monoisotopic (exact) mass is 625 g/mol. The smallest absolute Gasteiger partial charge is 0.387 e. The van der Waals surface area contributed by atoms with Crippen LogP contribution in [-0.2, 0) is 26.8 Å². The third-order valence-electron chi connectivity index (χ3n) is 6.84. The van der Waals surface area contributed by atoms with Gasteiger partial charge in [0.25, 0.3) is 15.6 Å². The Morgan fingerprint density at radius 2 is 1.64 bits per heavy atom. The molecule has 0 aliphatic carbocycles. The Kier molecular flexibility index (Phi) is 8.94. The molecule has 2 aromatic carbocycles. The highest BCUT2D eigenvalue weighted by Gasteiger charge is 2.71. The lowest BCUT2D eigenvalue weighted by Crippen LogP contribution is -2.54. The van der Waals surface area contributed by atoms with Gasteiger partial charge in [0.05, 0.1) is 40.4 Å². The number of fused-ring (bicyclic) bond motifs is 1. The zero-order valence-electron chi connectivity index (χ0n) is 22.1. The summed E-state index contributed by atoms with van der Waals surface area (Å²) in [6.45, 7) is 1.71. The van der Waals surface area contributed by atoms with E-state index in [-0.39, 0.29) is 29.7 Å². The molecule has 2 aromatic rings. The molecule has 1 heterocycles. The van der Waals surface area contributed by atoms with Crippen LogP contribution in [0.2, 0.25) is 0 Å². The maximum atomic E-state index is 14.1. The van der Waals surface area contributed by atoms with Crippen molar-refractivity contribution in [1.29, 1.82) is 5.26 Å². The van der Waals surface area contributed by atoms with Crippen molar-refractivity contribution in [3.05, 3.63) is 59.2 Å². The molecular formula is C26H26F7N3O5S. The number of amides is 1. The molecule has 3 N–H and O–H groups in total. The molecule has 0 spiro atoms. The van der Waals surface area contributed by atoms with Crippen molar-refractivity contribution in [2.75, 3.05) is 10.8 Å². The molecule has 16 heteroatoms. The average molecular weight is 626 g/mol. The zero-order valence-corrected chi connectivity index (χ0v) is 22.9. The van der Waals surface area contributed by atoms with Gasteiger partial charge in [-0.2, -0.15) is 31.6 Å². The molecule has 1 amide bonds. The van der Waals surface area contributed by atoms with Crippen molar-refractivity contribution >= 4 is 21.6 Å². The third-order valence-corrected chi connectivity index (χ3v) is 8.72. The van der Waals surface area contributed by atoms with Gasteiger partial charge < -0.3 is 15.5 Å². The lowest BCUT2D eigenvalue weighted by atomic mass is 9.87. The third kappa shape index (κ3) is 6.32. The Morgan fingerprint density at radius 3 is 2.14 bits per heavy atom. The summed E-state index contributed by atoms with van der Waals surface area (Å²) in [7, 11) is -4.63. The van der Waals surface area contributed by atoms with Crippen molar-refractivity contribution in [3.63, 3.8) is 0 Å². The standard InChI is InChI=1S/C26H26F7N3O5S/c1-23(2,38)21(27)14-35-22(37)12-18-7-5-16-11-17(24(39,25(28,29)30)26(31,32)33)6-10-20(16)36(18)42(40,41)19-8-3-15(13-34)4-9-19/h3-4,6,8-11,18,21,38-39H,5,7,12,14H2,1-2H3,(H,35,37)/t18?,21-/m1/s1. The number of nitrogens with zero attached hydrogens (tertiary/aromatic N) is 2. The van der Waals surface area contributed by atoms with E-state index in [1.807, 2.05) is 0 Å². The number of rotatable bonds is 8. The highest BCUT2D eigenvalue weighted by Crippen LogP contribution is 2.51. The first-order valence-corrected chi connectivity index (χ1v) is 13.8. The van der Waals surface area contributed by atoms with Crippen LogP contribution in [0.5, 0.6) is 0 Å². The lowest BCUT2D eigenvalue weighted by Gasteiger charge is -2.39. The summed E-state index contributed by atoms with van der Waals surface area (Å²) in [6.07, 6.45) is -15.3.